The van der Waals surface area contributed by atoms with E-state index >= 15 is 0 Å². The molecule has 2 rings (SSSR count). The molecule has 0 heterocycles. The first-order valence-electron chi connectivity index (χ1n) is 8.43. The summed E-state index contributed by atoms with van der Waals surface area (Å²) in [4.78, 5) is 23.4. The number of carbonyl (C=O) groups excluding carboxylic acids is 2. The average molecular weight is 352 g/mol. The minimum absolute atomic E-state index is 0.183. The van der Waals surface area contributed by atoms with Crippen LogP contribution in [0.5, 0.6) is 5.75 Å². The van der Waals surface area contributed by atoms with Crippen molar-refractivity contribution in [2.24, 2.45) is 0 Å². The molecule has 0 saturated carbocycles. The van der Waals surface area contributed by atoms with Crippen LogP contribution in [0, 0.1) is 0 Å². The van der Waals surface area contributed by atoms with Crippen molar-refractivity contribution in [2.75, 3.05) is 17.7 Å². The molecule has 2 amide bonds. The zero-order valence-corrected chi connectivity index (χ0v) is 15.5. The van der Waals surface area contributed by atoms with Gasteiger partial charge in [0.1, 0.15) is 5.75 Å². The van der Waals surface area contributed by atoms with Gasteiger partial charge >= 0.3 is 0 Å². The zero-order valence-electron chi connectivity index (χ0n) is 15.5. The van der Waals surface area contributed by atoms with Crippen LogP contribution in [-0.4, -0.2) is 18.9 Å². The Bertz CT molecular complexity index is 809. The van der Waals surface area contributed by atoms with Crippen molar-refractivity contribution in [1.29, 1.82) is 0 Å². The summed E-state index contributed by atoms with van der Waals surface area (Å²) in [7, 11) is 1.52. The van der Waals surface area contributed by atoms with Crippen LogP contribution in [0.4, 0.5) is 11.4 Å². The number of carbonyl (C=O) groups is 2. The predicted octanol–water partition coefficient (Wildman–Crippen LogP) is 4.43. The van der Waals surface area contributed by atoms with Crippen molar-refractivity contribution in [3.05, 3.63) is 59.7 Å². The minimum Gasteiger partial charge on any atom is -0.495 e. The molecule has 0 saturated heterocycles. The fourth-order valence-electron chi connectivity index (χ4n) is 2.43. The Labute approximate surface area is 154 Å². The molecule has 0 aromatic heterocycles. The normalized spacial score (nSPS) is 10.8. The molecule has 0 radical (unpaired) electrons. The van der Waals surface area contributed by atoms with Gasteiger partial charge in [0.2, 0.25) is 11.8 Å². The molecule has 5 heteroatoms. The van der Waals surface area contributed by atoms with Gasteiger partial charge in [-0.15, -0.1) is 0 Å². The Morgan fingerprint density at radius 2 is 1.73 bits per heavy atom. The Kier molecular flexibility index (Phi) is 6.55. The highest BCUT2D eigenvalue weighted by atomic mass is 16.5. The van der Waals surface area contributed by atoms with E-state index in [1.807, 2.05) is 12.1 Å². The molecule has 136 valence electrons. The minimum atomic E-state index is -0.281. The number of amides is 2. The number of rotatable bonds is 6. The van der Waals surface area contributed by atoms with Crippen LogP contribution in [-0.2, 0) is 9.59 Å². The van der Waals surface area contributed by atoms with E-state index in [1.54, 1.807) is 24.3 Å². The molecular weight excluding hydrogens is 328 g/mol. The largest absolute Gasteiger partial charge is 0.495 e. The van der Waals surface area contributed by atoms with Crippen LogP contribution in [0.25, 0.3) is 6.08 Å². The maximum atomic E-state index is 12.2. The van der Waals surface area contributed by atoms with Crippen molar-refractivity contribution in [1.82, 2.24) is 0 Å². The van der Waals surface area contributed by atoms with Gasteiger partial charge in [-0.3, -0.25) is 9.59 Å². The summed E-state index contributed by atoms with van der Waals surface area (Å²) in [6.45, 7) is 5.71. The van der Waals surface area contributed by atoms with Crippen LogP contribution in [0.3, 0.4) is 0 Å². The van der Waals surface area contributed by atoms with Gasteiger partial charge in [0.25, 0.3) is 0 Å². The van der Waals surface area contributed by atoms with Gasteiger partial charge in [-0.1, -0.05) is 38.1 Å². The average Bonchev–Trinajstić information content (AvgIpc) is 2.60. The van der Waals surface area contributed by atoms with Gasteiger partial charge in [0, 0.05) is 18.7 Å². The van der Waals surface area contributed by atoms with Crippen molar-refractivity contribution < 1.29 is 14.3 Å². The Morgan fingerprint density at radius 1 is 1.04 bits per heavy atom. The second-order valence-corrected chi connectivity index (χ2v) is 6.24. The van der Waals surface area contributed by atoms with E-state index in [2.05, 4.69) is 36.6 Å². The second-order valence-electron chi connectivity index (χ2n) is 6.24. The van der Waals surface area contributed by atoms with Crippen LogP contribution in [0.15, 0.2) is 48.5 Å². The maximum absolute atomic E-state index is 12.2. The maximum Gasteiger partial charge on any atom is 0.248 e. The first kappa shape index (κ1) is 19.2. The molecule has 5 nitrogen and oxygen atoms in total. The molecule has 2 N–H and O–H groups in total. The van der Waals surface area contributed by atoms with Crippen molar-refractivity contribution in [3.63, 3.8) is 0 Å². The summed E-state index contributed by atoms with van der Waals surface area (Å²) < 4.78 is 5.25. The fraction of sp³-hybridized carbons (Fsp3) is 0.238. The topological polar surface area (TPSA) is 67.4 Å². The highest BCUT2D eigenvalue weighted by Crippen LogP contribution is 2.28. The number of hydrogen-bond donors (Lipinski definition) is 2. The van der Waals surface area contributed by atoms with E-state index in [9.17, 15) is 9.59 Å². The number of ether oxygens (including phenoxy) is 1. The molecule has 0 aliphatic heterocycles. The molecule has 26 heavy (non-hydrogen) atoms. The quantitative estimate of drug-likeness (QED) is 0.756. The van der Waals surface area contributed by atoms with E-state index in [0.717, 1.165) is 5.56 Å². The second kappa shape index (κ2) is 8.85. The van der Waals surface area contributed by atoms with Gasteiger partial charge in [0.15, 0.2) is 0 Å². The number of nitrogens with one attached hydrogen (secondary N) is 2. The van der Waals surface area contributed by atoms with E-state index in [1.165, 1.54) is 25.7 Å². The third-order valence-corrected chi connectivity index (χ3v) is 3.81. The van der Waals surface area contributed by atoms with E-state index < -0.39 is 0 Å². The van der Waals surface area contributed by atoms with Gasteiger partial charge in [-0.05, 0) is 41.3 Å². The van der Waals surface area contributed by atoms with Gasteiger partial charge < -0.3 is 15.4 Å². The first-order chi connectivity index (χ1) is 12.4. The lowest BCUT2D eigenvalue weighted by Crippen LogP contribution is -2.10. The number of anilines is 2. The zero-order chi connectivity index (χ0) is 19.1. The molecule has 0 spiro atoms. The van der Waals surface area contributed by atoms with E-state index in [-0.39, 0.29) is 11.8 Å². The molecular formula is C21H24N2O3. The monoisotopic (exact) mass is 352 g/mol. The summed E-state index contributed by atoms with van der Waals surface area (Å²) in [5.74, 6) is 0.523. The van der Waals surface area contributed by atoms with Gasteiger partial charge in [0.05, 0.1) is 12.8 Å². The standard InChI is InChI=1S/C21H24N2O3/c1-14(2)17-8-5-16(6-9-17)7-12-21(25)23-19-13-18(22-15(3)24)10-11-20(19)26-4/h5-14H,1-4H3,(H,22,24)(H,23,25)/b12-7+. The van der Waals surface area contributed by atoms with Crippen LogP contribution < -0.4 is 15.4 Å². The molecule has 0 fully saturated rings. The number of benzene rings is 2. The van der Waals surface area contributed by atoms with Crippen molar-refractivity contribution >= 4 is 29.3 Å². The SMILES string of the molecule is COc1ccc(NC(C)=O)cc1NC(=O)/C=C/c1ccc(C(C)C)cc1. The van der Waals surface area contributed by atoms with Gasteiger partial charge in [-0.25, -0.2) is 0 Å². The van der Waals surface area contributed by atoms with Crippen molar-refractivity contribution in [3.8, 4) is 5.75 Å². The van der Waals surface area contributed by atoms with Crippen LogP contribution in [0.1, 0.15) is 37.8 Å². The molecule has 0 aliphatic carbocycles. The fourth-order valence-corrected chi connectivity index (χ4v) is 2.43. The Hall–Kier alpha value is -3.08. The lowest BCUT2D eigenvalue weighted by molar-refractivity contribution is -0.114. The lowest BCUT2D eigenvalue weighted by Gasteiger charge is -2.11. The summed E-state index contributed by atoms with van der Waals surface area (Å²) in [5, 5.41) is 5.45. The summed E-state index contributed by atoms with van der Waals surface area (Å²) >= 11 is 0. The molecule has 0 aliphatic rings. The Balaban J connectivity index is 2.09. The summed E-state index contributed by atoms with van der Waals surface area (Å²) in [6, 6.07) is 13.1. The van der Waals surface area contributed by atoms with E-state index in [4.69, 9.17) is 4.74 Å². The smallest absolute Gasteiger partial charge is 0.248 e. The van der Waals surface area contributed by atoms with Crippen LogP contribution >= 0.6 is 0 Å². The predicted molar refractivity (Wildman–Crippen MR) is 105 cm³/mol. The highest BCUT2D eigenvalue weighted by Gasteiger charge is 2.08. The lowest BCUT2D eigenvalue weighted by atomic mass is 10.0. The highest BCUT2D eigenvalue weighted by molar-refractivity contribution is 6.03. The molecule has 2 aromatic rings. The third kappa shape index (κ3) is 5.48. The van der Waals surface area contributed by atoms with Crippen LogP contribution in [0.2, 0.25) is 0 Å². The molecule has 2 aromatic carbocycles. The van der Waals surface area contributed by atoms with Crippen molar-refractivity contribution in [2.45, 2.75) is 26.7 Å². The Morgan fingerprint density at radius 3 is 2.31 bits per heavy atom. The number of methoxy groups -OCH3 is 1. The first-order valence-corrected chi connectivity index (χ1v) is 8.43. The van der Waals surface area contributed by atoms with Gasteiger partial charge in [-0.2, -0.15) is 0 Å². The molecule has 0 bridgehead atoms. The number of hydrogen-bond acceptors (Lipinski definition) is 3. The molecule has 0 unspecified atom stereocenters. The third-order valence-electron chi connectivity index (χ3n) is 3.81. The molecule has 0 atom stereocenters. The summed E-state index contributed by atoms with van der Waals surface area (Å²) in [5.41, 5.74) is 3.28. The van der Waals surface area contributed by atoms with E-state index in [0.29, 0.717) is 23.0 Å². The summed E-state index contributed by atoms with van der Waals surface area (Å²) in [6.07, 6.45) is 3.22.